The van der Waals surface area contributed by atoms with Crippen LogP contribution in [0.4, 0.5) is 23.2 Å². The van der Waals surface area contributed by atoms with E-state index < -0.39 is 52.0 Å². The predicted octanol–water partition coefficient (Wildman–Crippen LogP) is 6.21. The Hall–Kier alpha value is -3.93. The molecule has 1 aliphatic carbocycles. The summed E-state index contributed by atoms with van der Waals surface area (Å²) in [5.74, 6) is -1.73. The minimum Gasteiger partial charge on any atom is -0.352 e. The van der Waals surface area contributed by atoms with E-state index in [1.807, 2.05) is 0 Å². The number of halogens is 4. The first-order valence-corrected chi connectivity index (χ1v) is 15.8. The molecular weight excluding hydrogens is 598 g/mol. The highest BCUT2D eigenvalue weighted by atomic mass is 32.2. The molecule has 0 aliphatic heterocycles. The van der Waals surface area contributed by atoms with E-state index in [1.165, 1.54) is 47.4 Å². The summed E-state index contributed by atoms with van der Waals surface area (Å²) in [6.07, 6.45) is -1.07. The molecule has 1 fully saturated rings. The number of amides is 2. The van der Waals surface area contributed by atoms with Crippen LogP contribution in [0.1, 0.15) is 55.7 Å². The summed E-state index contributed by atoms with van der Waals surface area (Å²) in [7, 11) is -4.54. The third-order valence-electron chi connectivity index (χ3n) is 7.70. The number of hydrogen-bond acceptors (Lipinski definition) is 4. The van der Waals surface area contributed by atoms with Crippen molar-refractivity contribution in [2.75, 3.05) is 10.8 Å². The Morgan fingerprint density at radius 1 is 0.977 bits per heavy atom. The molecule has 0 bridgehead atoms. The van der Waals surface area contributed by atoms with Gasteiger partial charge in [0.2, 0.25) is 11.8 Å². The Morgan fingerprint density at radius 3 is 2.20 bits per heavy atom. The van der Waals surface area contributed by atoms with Gasteiger partial charge in [0.05, 0.1) is 16.1 Å². The zero-order valence-electron chi connectivity index (χ0n) is 24.5. The van der Waals surface area contributed by atoms with Crippen molar-refractivity contribution in [2.24, 2.45) is 0 Å². The van der Waals surface area contributed by atoms with Crippen molar-refractivity contribution in [3.05, 3.63) is 95.3 Å². The normalized spacial score (nSPS) is 14.7. The van der Waals surface area contributed by atoms with Gasteiger partial charge in [-0.25, -0.2) is 12.8 Å². The van der Waals surface area contributed by atoms with Crippen LogP contribution in [-0.4, -0.2) is 43.8 Å². The first-order chi connectivity index (χ1) is 20.8. The number of rotatable bonds is 11. The predicted molar refractivity (Wildman–Crippen MR) is 159 cm³/mol. The highest BCUT2D eigenvalue weighted by molar-refractivity contribution is 7.92. The van der Waals surface area contributed by atoms with Crippen molar-refractivity contribution in [1.29, 1.82) is 0 Å². The molecule has 1 N–H and O–H groups in total. The summed E-state index contributed by atoms with van der Waals surface area (Å²) in [6, 6.07) is 13.7. The Bertz CT molecular complexity index is 1560. The van der Waals surface area contributed by atoms with Crippen LogP contribution in [0, 0.1) is 12.7 Å². The minimum absolute atomic E-state index is 0.0529. The van der Waals surface area contributed by atoms with E-state index in [4.69, 9.17) is 0 Å². The highest BCUT2D eigenvalue weighted by Crippen LogP contribution is 2.33. The summed E-state index contributed by atoms with van der Waals surface area (Å²) in [5, 5.41) is 2.98. The van der Waals surface area contributed by atoms with Crippen molar-refractivity contribution in [3.8, 4) is 0 Å². The number of alkyl halides is 3. The zero-order valence-corrected chi connectivity index (χ0v) is 25.3. The van der Waals surface area contributed by atoms with E-state index in [-0.39, 0.29) is 29.6 Å². The van der Waals surface area contributed by atoms with Crippen LogP contribution in [0.15, 0.2) is 77.7 Å². The molecule has 236 valence electrons. The third kappa shape index (κ3) is 7.96. The van der Waals surface area contributed by atoms with Crippen molar-refractivity contribution in [3.63, 3.8) is 0 Å². The number of nitrogens with one attached hydrogen (secondary N) is 1. The second-order valence-electron chi connectivity index (χ2n) is 10.9. The average molecular weight is 634 g/mol. The van der Waals surface area contributed by atoms with E-state index in [9.17, 15) is 35.6 Å². The molecule has 0 spiro atoms. The largest absolute Gasteiger partial charge is 0.416 e. The van der Waals surface area contributed by atoms with Crippen LogP contribution in [0.3, 0.4) is 0 Å². The molecule has 44 heavy (non-hydrogen) atoms. The maximum Gasteiger partial charge on any atom is 0.416 e. The first-order valence-electron chi connectivity index (χ1n) is 14.4. The summed E-state index contributed by atoms with van der Waals surface area (Å²) in [4.78, 5) is 28.6. The summed E-state index contributed by atoms with van der Waals surface area (Å²) in [6.45, 7) is 2.42. The van der Waals surface area contributed by atoms with E-state index in [1.54, 1.807) is 26.0 Å². The molecule has 0 heterocycles. The monoisotopic (exact) mass is 633 g/mol. The Kier molecular flexibility index (Phi) is 10.3. The molecule has 2 amide bonds. The quantitative estimate of drug-likeness (QED) is 0.254. The van der Waals surface area contributed by atoms with E-state index in [0.717, 1.165) is 43.4 Å². The van der Waals surface area contributed by atoms with Gasteiger partial charge in [-0.2, -0.15) is 13.2 Å². The topological polar surface area (TPSA) is 86.8 Å². The number of hydrogen-bond donors (Lipinski definition) is 1. The van der Waals surface area contributed by atoms with Gasteiger partial charge >= 0.3 is 6.18 Å². The maximum absolute atomic E-state index is 14.1. The van der Waals surface area contributed by atoms with Gasteiger partial charge in [0.15, 0.2) is 0 Å². The van der Waals surface area contributed by atoms with Crippen molar-refractivity contribution < 1.29 is 35.6 Å². The van der Waals surface area contributed by atoms with Gasteiger partial charge in [0.1, 0.15) is 18.4 Å². The van der Waals surface area contributed by atoms with Crippen LogP contribution < -0.4 is 9.62 Å². The first kappa shape index (κ1) is 33.0. The number of anilines is 1. The van der Waals surface area contributed by atoms with Gasteiger partial charge in [-0.15, -0.1) is 0 Å². The zero-order chi connectivity index (χ0) is 32.1. The van der Waals surface area contributed by atoms with Gasteiger partial charge in [-0.05, 0) is 74.2 Å². The van der Waals surface area contributed by atoms with Crippen LogP contribution in [0.5, 0.6) is 0 Å². The lowest BCUT2D eigenvalue weighted by Gasteiger charge is -2.34. The number of aryl methyl sites for hydroxylation is 1. The van der Waals surface area contributed by atoms with E-state index in [2.05, 4.69) is 5.32 Å². The second-order valence-corrected chi connectivity index (χ2v) is 12.8. The summed E-state index contributed by atoms with van der Waals surface area (Å²) in [5.41, 5.74) is -0.204. The smallest absolute Gasteiger partial charge is 0.352 e. The standard InChI is InChI=1S/C32H35F4N3O4S/c1-3-29(31(41)37-26-8-4-5-9-26)38(20-23-13-15-25(33)16-14-23)30(40)21-39(27-10-6-7-24(19-27)32(34,35)36)44(42,43)28-17-11-22(2)12-18-28/h6-7,10-19,26,29H,3-5,8-9,20-21H2,1-2H3,(H,37,41)/t29-/m0/s1. The molecule has 1 aliphatic rings. The molecule has 1 saturated carbocycles. The summed E-state index contributed by atoms with van der Waals surface area (Å²) < 4.78 is 83.1. The second kappa shape index (κ2) is 13.8. The number of sulfonamides is 1. The Labute approximate surface area is 254 Å². The molecule has 12 heteroatoms. The highest BCUT2D eigenvalue weighted by Gasteiger charge is 2.36. The Balaban J connectivity index is 1.75. The van der Waals surface area contributed by atoms with Gasteiger partial charge in [-0.1, -0.05) is 55.7 Å². The van der Waals surface area contributed by atoms with Crippen molar-refractivity contribution in [2.45, 2.75) is 75.7 Å². The maximum atomic E-state index is 14.1. The average Bonchev–Trinajstić information content (AvgIpc) is 3.49. The van der Waals surface area contributed by atoms with Gasteiger partial charge in [-0.3, -0.25) is 13.9 Å². The molecule has 0 unspecified atom stereocenters. The fourth-order valence-corrected chi connectivity index (χ4v) is 6.68. The number of carbonyl (C=O) groups excluding carboxylic acids is 2. The SMILES string of the molecule is CC[C@@H](C(=O)NC1CCCC1)N(Cc1ccc(F)cc1)C(=O)CN(c1cccc(C(F)(F)F)c1)S(=O)(=O)c1ccc(C)cc1. The molecule has 1 atom stereocenters. The van der Waals surface area contributed by atoms with Crippen molar-refractivity contribution >= 4 is 27.5 Å². The molecule has 3 aromatic rings. The fourth-order valence-electron chi connectivity index (χ4n) is 5.28. The number of carbonyl (C=O) groups is 2. The molecule has 0 saturated heterocycles. The van der Waals surface area contributed by atoms with Gasteiger partial charge in [0, 0.05) is 12.6 Å². The van der Waals surface area contributed by atoms with Crippen LogP contribution >= 0.6 is 0 Å². The molecule has 3 aromatic carbocycles. The number of benzene rings is 3. The third-order valence-corrected chi connectivity index (χ3v) is 9.49. The molecule has 0 radical (unpaired) electrons. The Morgan fingerprint density at radius 2 is 1.61 bits per heavy atom. The minimum atomic E-state index is -4.76. The van der Waals surface area contributed by atoms with E-state index in [0.29, 0.717) is 15.9 Å². The lowest BCUT2D eigenvalue weighted by Crippen LogP contribution is -2.53. The van der Waals surface area contributed by atoms with Crippen molar-refractivity contribution in [1.82, 2.24) is 10.2 Å². The number of nitrogens with zero attached hydrogens (tertiary/aromatic N) is 2. The summed E-state index contributed by atoms with van der Waals surface area (Å²) >= 11 is 0. The van der Waals surface area contributed by atoms with Gasteiger partial charge in [0.25, 0.3) is 10.0 Å². The molecule has 4 rings (SSSR count). The van der Waals surface area contributed by atoms with Crippen LogP contribution in [0.25, 0.3) is 0 Å². The van der Waals surface area contributed by atoms with Gasteiger partial charge < -0.3 is 10.2 Å². The molecule has 0 aromatic heterocycles. The van der Waals surface area contributed by atoms with Crippen LogP contribution in [-0.2, 0) is 32.3 Å². The van der Waals surface area contributed by atoms with E-state index >= 15 is 0 Å². The molecular formula is C32H35F4N3O4S. The lowest BCUT2D eigenvalue weighted by atomic mass is 10.1. The fraction of sp³-hybridized carbons (Fsp3) is 0.375. The molecule has 7 nitrogen and oxygen atoms in total. The lowest BCUT2D eigenvalue weighted by molar-refractivity contribution is -0.140. The van der Waals surface area contributed by atoms with Crippen LogP contribution in [0.2, 0.25) is 0 Å².